The first-order valence-electron chi connectivity index (χ1n) is 7.88. The highest BCUT2D eigenvalue weighted by Gasteiger charge is 2.59. The summed E-state index contributed by atoms with van der Waals surface area (Å²) < 4.78 is 0. The smallest absolute Gasteiger partial charge is 0.224 e. The van der Waals surface area contributed by atoms with Gasteiger partial charge in [0.25, 0.3) is 0 Å². The Labute approximate surface area is 133 Å². The second kappa shape index (κ2) is 5.05. The van der Waals surface area contributed by atoms with Crippen molar-refractivity contribution in [2.24, 2.45) is 16.7 Å². The molecule has 0 aliphatic heterocycles. The number of amides is 1. The van der Waals surface area contributed by atoms with Gasteiger partial charge in [-0.15, -0.1) is 12.6 Å². The minimum Gasteiger partial charge on any atom is -0.352 e. The van der Waals surface area contributed by atoms with Crippen LogP contribution in [0.4, 0.5) is 0 Å². The van der Waals surface area contributed by atoms with Gasteiger partial charge >= 0.3 is 0 Å². The van der Waals surface area contributed by atoms with Gasteiger partial charge in [-0.05, 0) is 53.7 Å². The summed E-state index contributed by atoms with van der Waals surface area (Å²) in [6.45, 7) is 6.99. The molecular weight excluding hydrogens is 278 g/mol. The second-order valence-electron chi connectivity index (χ2n) is 7.76. The van der Waals surface area contributed by atoms with Crippen molar-refractivity contribution < 1.29 is 4.79 Å². The molecular formula is C18H25NOS. The van der Waals surface area contributed by atoms with Gasteiger partial charge in [-0.1, -0.05) is 32.9 Å². The fourth-order valence-electron chi connectivity index (χ4n) is 4.67. The summed E-state index contributed by atoms with van der Waals surface area (Å²) >= 11 is 4.28. The van der Waals surface area contributed by atoms with Gasteiger partial charge in [0.05, 0.1) is 6.42 Å². The molecule has 3 rings (SSSR count). The maximum atomic E-state index is 12.4. The van der Waals surface area contributed by atoms with Gasteiger partial charge in [-0.25, -0.2) is 0 Å². The average Bonchev–Trinajstić information content (AvgIpc) is 2.89. The van der Waals surface area contributed by atoms with Crippen molar-refractivity contribution in [2.75, 3.05) is 0 Å². The minimum atomic E-state index is 0.147. The van der Waals surface area contributed by atoms with Gasteiger partial charge in [-0.2, -0.15) is 0 Å². The van der Waals surface area contributed by atoms with Crippen LogP contribution in [-0.2, 0) is 11.2 Å². The minimum absolute atomic E-state index is 0.147. The molecule has 0 spiro atoms. The van der Waals surface area contributed by atoms with E-state index in [0.717, 1.165) is 16.4 Å². The Morgan fingerprint density at radius 3 is 2.52 bits per heavy atom. The highest BCUT2D eigenvalue weighted by Crippen LogP contribution is 2.62. The van der Waals surface area contributed by atoms with Gasteiger partial charge in [0.15, 0.2) is 0 Å². The number of carbonyl (C=O) groups is 1. The van der Waals surface area contributed by atoms with E-state index in [1.807, 2.05) is 24.3 Å². The van der Waals surface area contributed by atoms with Crippen molar-refractivity contribution in [3.63, 3.8) is 0 Å². The molecule has 2 bridgehead atoms. The molecule has 2 aliphatic carbocycles. The first-order chi connectivity index (χ1) is 9.81. The lowest BCUT2D eigenvalue weighted by atomic mass is 9.68. The molecule has 0 heterocycles. The van der Waals surface area contributed by atoms with E-state index in [1.165, 1.54) is 19.3 Å². The number of carbonyl (C=O) groups excluding carboxylic acids is 1. The molecule has 3 atom stereocenters. The van der Waals surface area contributed by atoms with E-state index >= 15 is 0 Å². The zero-order chi connectivity index (χ0) is 15.3. The fraction of sp³-hybridized carbons (Fsp3) is 0.611. The van der Waals surface area contributed by atoms with Crippen LogP contribution in [-0.4, -0.2) is 11.9 Å². The number of rotatable bonds is 3. The average molecular weight is 303 g/mol. The number of hydrogen-bond donors (Lipinski definition) is 2. The van der Waals surface area contributed by atoms with E-state index in [2.05, 4.69) is 38.7 Å². The molecule has 3 unspecified atom stereocenters. The third-order valence-corrected chi connectivity index (χ3v) is 6.17. The molecule has 2 nitrogen and oxygen atoms in total. The number of nitrogens with one attached hydrogen (secondary N) is 1. The molecule has 2 fully saturated rings. The van der Waals surface area contributed by atoms with E-state index in [9.17, 15) is 4.79 Å². The zero-order valence-electron chi connectivity index (χ0n) is 13.1. The molecule has 0 saturated heterocycles. The van der Waals surface area contributed by atoms with Gasteiger partial charge in [-0.3, -0.25) is 4.79 Å². The third-order valence-electron chi connectivity index (χ3n) is 5.88. The number of fused-ring (bicyclic) bond motifs is 2. The van der Waals surface area contributed by atoms with Crippen molar-refractivity contribution in [1.29, 1.82) is 0 Å². The van der Waals surface area contributed by atoms with Gasteiger partial charge in [0.2, 0.25) is 5.91 Å². The Kier molecular flexibility index (Phi) is 3.59. The molecule has 1 amide bonds. The largest absolute Gasteiger partial charge is 0.352 e. The highest BCUT2D eigenvalue weighted by molar-refractivity contribution is 7.80. The van der Waals surface area contributed by atoms with Crippen molar-refractivity contribution in [1.82, 2.24) is 5.32 Å². The number of thiol groups is 1. The standard InChI is InChI=1S/C18H25NOS/c1-17(2)13-8-9-18(3,11-13)16(17)19-15(20)10-12-4-6-14(21)7-5-12/h4-7,13,16,21H,8-11H2,1-3H3,(H,19,20). The molecule has 1 aromatic rings. The first kappa shape index (κ1) is 15.0. The van der Waals surface area contributed by atoms with E-state index in [4.69, 9.17) is 0 Å². The zero-order valence-corrected chi connectivity index (χ0v) is 14.0. The summed E-state index contributed by atoms with van der Waals surface area (Å²) in [7, 11) is 0. The Balaban J connectivity index is 1.69. The Bertz CT molecular complexity index is 546. The van der Waals surface area contributed by atoms with Crippen LogP contribution in [0.25, 0.3) is 0 Å². The van der Waals surface area contributed by atoms with Crippen LogP contribution in [0.1, 0.15) is 45.6 Å². The van der Waals surface area contributed by atoms with E-state index in [1.54, 1.807) is 0 Å². The molecule has 3 heteroatoms. The SMILES string of the molecule is CC12CCC(C1)C(C)(C)C2NC(=O)Cc1ccc(S)cc1. The topological polar surface area (TPSA) is 29.1 Å². The first-order valence-corrected chi connectivity index (χ1v) is 8.33. The maximum Gasteiger partial charge on any atom is 0.224 e. The lowest BCUT2D eigenvalue weighted by molar-refractivity contribution is -0.123. The monoisotopic (exact) mass is 303 g/mol. The summed E-state index contributed by atoms with van der Waals surface area (Å²) in [4.78, 5) is 13.4. The maximum absolute atomic E-state index is 12.4. The third kappa shape index (κ3) is 2.61. The second-order valence-corrected chi connectivity index (χ2v) is 8.28. The van der Waals surface area contributed by atoms with E-state index in [-0.39, 0.29) is 11.3 Å². The molecule has 114 valence electrons. The molecule has 1 aromatic carbocycles. The predicted octanol–water partition coefficient (Wildman–Crippen LogP) is 3.85. The van der Waals surface area contributed by atoms with Crippen LogP contribution in [0.3, 0.4) is 0 Å². The summed E-state index contributed by atoms with van der Waals surface area (Å²) in [5.74, 6) is 0.907. The highest BCUT2D eigenvalue weighted by atomic mass is 32.1. The predicted molar refractivity (Wildman–Crippen MR) is 88.6 cm³/mol. The number of benzene rings is 1. The van der Waals surface area contributed by atoms with Crippen molar-refractivity contribution in [3.8, 4) is 0 Å². The molecule has 1 N–H and O–H groups in total. The van der Waals surface area contributed by atoms with Crippen LogP contribution in [0.15, 0.2) is 29.2 Å². The van der Waals surface area contributed by atoms with Crippen molar-refractivity contribution in [3.05, 3.63) is 29.8 Å². The fourth-order valence-corrected chi connectivity index (χ4v) is 4.82. The lowest BCUT2D eigenvalue weighted by Crippen LogP contribution is -2.52. The van der Waals surface area contributed by atoms with Gasteiger partial charge in [0, 0.05) is 10.9 Å². The summed E-state index contributed by atoms with van der Waals surface area (Å²) in [6, 6.07) is 8.15. The summed E-state index contributed by atoms with van der Waals surface area (Å²) in [5, 5.41) is 3.35. The molecule has 0 aromatic heterocycles. The van der Waals surface area contributed by atoms with Crippen LogP contribution in [0.5, 0.6) is 0 Å². The molecule has 21 heavy (non-hydrogen) atoms. The lowest BCUT2D eigenvalue weighted by Gasteiger charge is -2.43. The quantitative estimate of drug-likeness (QED) is 0.816. The van der Waals surface area contributed by atoms with Gasteiger partial charge < -0.3 is 5.32 Å². The molecule has 2 aliphatic rings. The van der Waals surface area contributed by atoms with Crippen molar-refractivity contribution in [2.45, 2.75) is 57.4 Å². The van der Waals surface area contributed by atoms with Crippen LogP contribution < -0.4 is 5.32 Å². The Morgan fingerprint density at radius 1 is 1.29 bits per heavy atom. The Hall–Kier alpha value is -0.960. The summed E-state index contributed by atoms with van der Waals surface area (Å²) in [6.07, 6.45) is 4.29. The van der Waals surface area contributed by atoms with Gasteiger partial charge in [0.1, 0.15) is 0 Å². The van der Waals surface area contributed by atoms with Crippen molar-refractivity contribution >= 4 is 18.5 Å². The summed E-state index contributed by atoms with van der Waals surface area (Å²) in [5.41, 5.74) is 1.56. The van der Waals surface area contributed by atoms with Crippen LogP contribution in [0.2, 0.25) is 0 Å². The molecule has 0 radical (unpaired) electrons. The van der Waals surface area contributed by atoms with Crippen LogP contribution in [0, 0.1) is 16.7 Å². The normalized spacial score (nSPS) is 33.1. The number of hydrogen-bond acceptors (Lipinski definition) is 2. The Morgan fingerprint density at radius 2 is 1.95 bits per heavy atom. The van der Waals surface area contributed by atoms with Crippen LogP contribution >= 0.6 is 12.6 Å². The molecule has 2 saturated carbocycles. The van der Waals surface area contributed by atoms with E-state index in [0.29, 0.717) is 17.9 Å². The van der Waals surface area contributed by atoms with E-state index < -0.39 is 0 Å².